The van der Waals surface area contributed by atoms with Crippen LogP contribution in [0.25, 0.3) is 0 Å². The van der Waals surface area contributed by atoms with Crippen LogP contribution in [-0.2, 0) is 4.79 Å². The van der Waals surface area contributed by atoms with E-state index in [1.807, 2.05) is 49.1 Å². The molecule has 27 heavy (non-hydrogen) atoms. The number of rotatable bonds is 5. The first-order valence-electron chi connectivity index (χ1n) is 9.61. The van der Waals surface area contributed by atoms with Gasteiger partial charge in [0.1, 0.15) is 5.75 Å². The quantitative estimate of drug-likeness (QED) is 0.800. The maximum atomic E-state index is 12.5. The van der Waals surface area contributed by atoms with Crippen LogP contribution in [0.2, 0.25) is 0 Å². The molecule has 2 aromatic rings. The van der Waals surface area contributed by atoms with Gasteiger partial charge in [-0.25, -0.2) is 0 Å². The van der Waals surface area contributed by atoms with E-state index in [4.69, 9.17) is 0 Å². The van der Waals surface area contributed by atoms with Gasteiger partial charge in [0.25, 0.3) is 0 Å². The molecule has 1 heterocycles. The topological polar surface area (TPSA) is 57.6 Å². The van der Waals surface area contributed by atoms with Gasteiger partial charge in [0.2, 0.25) is 5.91 Å². The average molecular weight is 365 g/mol. The van der Waals surface area contributed by atoms with Gasteiger partial charge in [-0.2, -0.15) is 0 Å². The Bertz CT molecular complexity index is 818. The molecule has 4 heteroatoms. The molecule has 4 nitrogen and oxygen atoms in total. The lowest BCUT2D eigenvalue weighted by Crippen LogP contribution is -2.38. The van der Waals surface area contributed by atoms with Gasteiger partial charge >= 0.3 is 0 Å². The van der Waals surface area contributed by atoms with E-state index in [1.165, 1.54) is 11.1 Å². The van der Waals surface area contributed by atoms with Crippen molar-refractivity contribution >= 4 is 11.7 Å². The van der Waals surface area contributed by atoms with Gasteiger partial charge in [-0.1, -0.05) is 24.3 Å². The third-order valence-corrected chi connectivity index (χ3v) is 5.61. The number of carbonyl (C=O) groups is 2. The number of Topliss-reactive ketones (excluding diaryl/α,β-unsaturated/α-hetero) is 1. The summed E-state index contributed by atoms with van der Waals surface area (Å²) in [7, 11) is 0. The minimum absolute atomic E-state index is 0.0328. The monoisotopic (exact) mass is 365 g/mol. The van der Waals surface area contributed by atoms with Crippen LogP contribution in [0.4, 0.5) is 0 Å². The predicted octanol–water partition coefficient (Wildman–Crippen LogP) is 4.38. The van der Waals surface area contributed by atoms with Crippen molar-refractivity contribution in [3.05, 3.63) is 64.7 Å². The van der Waals surface area contributed by atoms with E-state index in [1.54, 1.807) is 12.1 Å². The molecule has 0 unspecified atom stereocenters. The Kier molecular flexibility index (Phi) is 5.94. The van der Waals surface area contributed by atoms with Crippen molar-refractivity contribution in [2.45, 2.75) is 45.4 Å². The summed E-state index contributed by atoms with van der Waals surface area (Å²) in [5.74, 6) is 0.799. The number of nitrogens with zero attached hydrogens (tertiary/aromatic N) is 1. The number of hydrogen-bond donors (Lipinski definition) is 1. The summed E-state index contributed by atoms with van der Waals surface area (Å²) in [5.41, 5.74) is 4.17. The van der Waals surface area contributed by atoms with Crippen LogP contribution in [0.15, 0.2) is 42.5 Å². The number of ketones is 1. The van der Waals surface area contributed by atoms with Gasteiger partial charge < -0.3 is 10.0 Å². The summed E-state index contributed by atoms with van der Waals surface area (Å²) in [6, 6.07) is 13.1. The van der Waals surface area contributed by atoms with Gasteiger partial charge in [-0.15, -0.1) is 0 Å². The van der Waals surface area contributed by atoms with Crippen LogP contribution in [0, 0.1) is 13.8 Å². The van der Waals surface area contributed by atoms with E-state index < -0.39 is 0 Å². The first-order chi connectivity index (χ1) is 12.9. The molecule has 1 aliphatic rings. The molecule has 142 valence electrons. The number of aromatic hydroxyl groups is 1. The van der Waals surface area contributed by atoms with Crippen molar-refractivity contribution in [3.8, 4) is 5.75 Å². The Labute approximate surface area is 160 Å². The fourth-order valence-corrected chi connectivity index (χ4v) is 3.65. The van der Waals surface area contributed by atoms with E-state index in [-0.39, 0.29) is 30.3 Å². The molecular weight excluding hydrogens is 338 g/mol. The highest BCUT2D eigenvalue weighted by atomic mass is 16.3. The van der Waals surface area contributed by atoms with Crippen molar-refractivity contribution < 1.29 is 14.7 Å². The Morgan fingerprint density at radius 1 is 0.963 bits per heavy atom. The maximum Gasteiger partial charge on any atom is 0.223 e. The van der Waals surface area contributed by atoms with Crippen molar-refractivity contribution in [2.24, 2.45) is 0 Å². The first-order valence-corrected chi connectivity index (χ1v) is 9.61. The molecule has 1 fully saturated rings. The molecule has 3 rings (SSSR count). The van der Waals surface area contributed by atoms with Gasteiger partial charge in [-0.3, -0.25) is 9.59 Å². The molecule has 0 aromatic heterocycles. The van der Waals surface area contributed by atoms with E-state index in [9.17, 15) is 14.7 Å². The van der Waals surface area contributed by atoms with Crippen molar-refractivity contribution in [1.82, 2.24) is 4.90 Å². The molecule has 0 spiro atoms. The highest BCUT2D eigenvalue weighted by molar-refractivity contribution is 5.98. The Morgan fingerprint density at radius 3 is 2.26 bits per heavy atom. The van der Waals surface area contributed by atoms with Crippen LogP contribution < -0.4 is 0 Å². The van der Waals surface area contributed by atoms with Crippen LogP contribution in [0.5, 0.6) is 5.75 Å². The number of phenols is 1. The molecule has 1 saturated heterocycles. The number of benzene rings is 2. The second-order valence-corrected chi connectivity index (χ2v) is 7.47. The molecule has 2 aromatic carbocycles. The van der Waals surface area contributed by atoms with Gasteiger partial charge in [-0.05, 0) is 67.5 Å². The van der Waals surface area contributed by atoms with E-state index >= 15 is 0 Å². The van der Waals surface area contributed by atoms with E-state index in [2.05, 4.69) is 0 Å². The normalized spacial score (nSPS) is 15.0. The SMILES string of the molecule is Cc1ccc(C(=O)CCC(=O)N2CCC(c3ccc(O)cc3)CC2)cc1C. The van der Waals surface area contributed by atoms with Crippen molar-refractivity contribution in [1.29, 1.82) is 0 Å². The zero-order chi connectivity index (χ0) is 19.4. The standard InChI is InChI=1S/C23H27NO3/c1-16-3-4-20(15-17(16)2)22(26)9-10-23(27)24-13-11-19(12-14-24)18-5-7-21(25)8-6-18/h3-8,15,19,25H,9-14H2,1-2H3. The van der Waals surface area contributed by atoms with Crippen LogP contribution in [-0.4, -0.2) is 34.8 Å². The minimum Gasteiger partial charge on any atom is -0.508 e. The third kappa shape index (κ3) is 4.76. The van der Waals surface area contributed by atoms with Gasteiger partial charge in [0.15, 0.2) is 5.78 Å². The number of aryl methyl sites for hydroxylation is 2. The van der Waals surface area contributed by atoms with E-state index in [0.29, 0.717) is 11.5 Å². The van der Waals surface area contributed by atoms with Gasteiger partial charge in [0.05, 0.1) is 0 Å². The predicted molar refractivity (Wildman–Crippen MR) is 106 cm³/mol. The fraction of sp³-hybridized carbons (Fsp3) is 0.391. The lowest BCUT2D eigenvalue weighted by Gasteiger charge is -2.32. The highest BCUT2D eigenvalue weighted by Crippen LogP contribution is 2.29. The summed E-state index contributed by atoms with van der Waals surface area (Å²) in [6.45, 7) is 5.47. The fourth-order valence-electron chi connectivity index (χ4n) is 3.65. The Morgan fingerprint density at radius 2 is 1.63 bits per heavy atom. The molecule has 0 atom stereocenters. The summed E-state index contributed by atoms with van der Waals surface area (Å²) < 4.78 is 0. The van der Waals surface area contributed by atoms with E-state index in [0.717, 1.165) is 31.5 Å². The van der Waals surface area contributed by atoms with Crippen LogP contribution >= 0.6 is 0 Å². The average Bonchev–Trinajstić information content (AvgIpc) is 2.68. The van der Waals surface area contributed by atoms with Crippen LogP contribution in [0.3, 0.4) is 0 Å². The second kappa shape index (κ2) is 8.38. The summed E-state index contributed by atoms with van der Waals surface area (Å²) in [4.78, 5) is 26.7. The molecule has 0 radical (unpaired) electrons. The number of phenolic OH excluding ortho intramolecular Hbond substituents is 1. The third-order valence-electron chi connectivity index (χ3n) is 5.61. The zero-order valence-electron chi connectivity index (χ0n) is 16.1. The first kappa shape index (κ1) is 19.2. The molecule has 0 bridgehead atoms. The summed E-state index contributed by atoms with van der Waals surface area (Å²) in [6.07, 6.45) is 2.37. The molecule has 1 N–H and O–H groups in total. The molecule has 0 aliphatic carbocycles. The Balaban J connectivity index is 1.48. The molecule has 1 aliphatic heterocycles. The maximum absolute atomic E-state index is 12.5. The second-order valence-electron chi connectivity index (χ2n) is 7.47. The lowest BCUT2D eigenvalue weighted by molar-refractivity contribution is -0.132. The van der Waals surface area contributed by atoms with Crippen molar-refractivity contribution in [3.63, 3.8) is 0 Å². The smallest absolute Gasteiger partial charge is 0.223 e. The highest BCUT2D eigenvalue weighted by Gasteiger charge is 2.24. The van der Waals surface area contributed by atoms with Crippen molar-refractivity contribution in [2.75, 3.05) is 13.1 Å². The Hall–Kier alpha value is -2.62. The number of likely N-dealkylation sites (tertiary alicyclic amines) is 1. The minimum atomic E-state index is 0.0328. The number of piperidine rings is 1. The molecule has 1 amide bonds. The number of amides is 1. The largest absolute Gasteiger partial charge is 0.508 e. The zero-order valence-corrected chi connectivity index (χ0v) is 16.1. The molecular formula is C23H27NO3. The number of carbonyl (C=O) groups excluding carboxylic acids is 2. The summed E-state index contributed by atoms with van der Waals surface area (Å²) in [5, 5.41) is 9.40. The lowest BCUT2D eigenvalue weighted by atomic mass is 9.89. The number of hydrogen-bond acceptors (Lipinski definition) is 3. The summed E-state index contributed by atoms with van der Waals surface area (Å²) >= 11 is 0. The van der Waals surface area contributed by atoms with Crippen LogP contribution in [0.1, 0.15) is 58.6 Å². The molecule has 0 saturated carbocycles. The van der Waals surface area contributed by atoms with Gasteiger partial charge in [0, 0.05) is 31.5 Å².